The summed E-state index contributed by atoms with van der Waals surface area (Å²) in [5.41, 5.74) is 8.51. The largest absolute Gasteiger partial charge is 0.366 e. The SMILES string of the molecule is Cc1cc(C)n(CC(=O)C2CNCCN2c2ccccc2C(N)=O)n1. The number of hydrogen-bond donors (Lipinski definition) is 2. The normalized spacial score (nSPS) is 17.5. The zero-order valence-electron chi connectivity index (χ0n) is 14.5. The highest BCUT2D eigenvalue weighted by Gasteiger charge is 2.31. The summed E-state index contributed by atoms with van der Waals surface area (Å²) in [5, 5.41) is 7.63. The monoisotopic (exact) mass is 341 g/mol. The predicted octanol–water partition coefficient (Wildman–Crippen LogP) is 0.646. The molecule has 1 aliphatic rings. The predicted molar refractivity (Wildman–Crippen MR) is 95.7 cm³/mol. The van der Waals surface area contributed by atoms with Crippen molar-refractivity contribution in [2.75, 3.05) is 24.5 Å². The molecular formula is C18H23N5O2. The number of para-hydroxylation sites is 1. The van der Waals surface area contributed by atoms with E-state index in [1.54, 1.807) is 16.8 Å². The van der Waals surface area contributed by atoms with Crippen LogP contribution in [0.25, 0.3) is 0 Å². The summed E-state index contributed by atoms with van der Waals surface area (Å²) < 4.78 is 1.73. The van der Waals surface area contributed by atoms with Crippen LogP contribution in [0.2, 0.25) is 0 Å². The Balaban J connectivity index is 1.87. The lowest BCUT2D eigenvalue weighted by molar-refractivity contribution is -0.121. The zero-order chi connectivity index (χ0) is 18.0. The lowest BCUT2D eigenvalue weighted by Crippen LogP contribution is -2.56. The highest BCUT2D eigenvalue weighted by molar-refractivity contribution is 6.00. The molecule has 25 heavy (non-hydrogen) atoms. The molecule has 1 atom stereocenters. The van der Waals surface area contributed by atoms with Crippen LogP contribution >= 0.6 is 0 Å². The number of anilines is 1. The number of nitrogens with zero attached hydrogens (tertiary/aromatic N) is 3. The van der Waals surface area contributed by atoms with Crippen LogP contribution in [0, 0.1) is 13.8 Å². The molecule has 1 aromatic heterocycles. The van der Waals surface area contributed by atoms with Gasteiger partial charge in [-0.1, -0.05) is 12.1 Å². The molecule has 1 aromatic carbocycles. The third kappa shape index (κ3) is 3.56. The summed E-state index contributed by atoms with van der Waals surface area (Å²) >= 11 is 0. The van der Waals surface area contributed by atoms with Gasteiger partial charge in [0.25, 0.3) is 5.91 Å². The van der Waals surface area contributed by atoms with Crippen molar-refractivity contribution >= 4 is 17.4 Å². The van der Waals surface area contributed by atoms with Crippen molar-refractivity contribution in [3.05, 3.63) is 47.3 Å². The molecule has 7 heteroatoms. The van der Waals surface area contributed by atoms with Crippen LogP contribution in [0.5, 0.6) is 0 Å². The van der Waals surface area contributed by atoms with Crippen molar-refractivity contribution < 1.29 is 9.59 Å². The molecule has 2 heterocycles. The third-order valence-electron chi connectivity index (χ3n) is 4.50. The van der Waals surface area contributed by atoms with Crippen LogP contribution in [0.15, 0.2) is 30.3 Å². The molecule has 0 spiro atoms. The molecule has 0 saturated carbocycles. The minimum atomic E-state index is -0.487. The second-order valence-corrected chi connectivity index (χ2v) is 6.35. The fraction of sp³-hybridized carbons (Fsp3) is 0.389. The maximum atomic E-state index is 12.9. The molecule has 1 unspecified atom stereocenters. The molecule has 0 aliphatic carbocycles. The van der Waals surface area contributed by atoms with E-state index in [0.717, 1.165) is 17.9 Å². The number of aryl methyl sites for hydroxylation is 2. The van der Waals surface area contributed by atoms with Crippen LogP contribution in [-0.4, -0.2) is 47.1 Å². The van der Waals surface area contributed by atoms with Gasteiger partial charge in [-0.15, -0.1) is 0 Å². The fourth-order valence-electron chi connectivity index (χ4n) is 3.30. The molecule has 1 amide bonds. The average Bonchev–Trinajstić information content (AvgIpc) is 2.92. The Bertz CT molecular complexity index is 799. The lowest BCUT2D eigenvalue weighted by atomic mass is 10.0. The van der Waals surface area contributed by atoms with Crippen LogP contribution in [-0.2, 0) is 11.3 Å². The van der Waals surface area contributed by atoms with E-state index in [0.29, 0.717) is 24.3 Å². The second-order valence-electron chi connectivity index (χ2n) is 6.35. The summed E-state index contributed by atoms with van der Waals surface area (Å²) in [6.07, 6.45) is 0. The number of piperazine rings is 1. The standard InChI is InChI=1S/C18H23N5O2/c1-12-9-13(2)23(21-12)11-17(24)16-10-20-7-8-22(16)15-6-4-3-5-14(15)18(19)25/h3-6,9,16,20H,7-8,10-11H2,1-2H3,(H2,19,25). The number of aromatic nitrogens is 2. The minimum Gasteiger partial charge on any atom is -0.366 e. The topological polar surface area (TPSA) is 93.3 Å². The summed E-state index contributed by atoms with van der Waals surface area (Å²) in [7, 11) is 0. The van der Waals surface area contributed by atoms with Gasteiger partial charge in [-0.25, -0.2) is 0 Å². The van der Waals surface area contributed by atoms with Crippen LogP contribution in [0.4, 0.5) is 5.69 Å². The van der Waals surface area contributed by atoms with E-state index in [1.807, 2.05) is 36.9 Å². The van der Waals surface area contributed by atoms with Gasteiger partial charge in [-0.2, -0.15) is 5.10 Å². The number of ketones is 1. The summed E-state index contributed by atoms with van der Waals surface area (Å²) in [5.74, 6) is -0.434. The first kappa shape index (κ1) is 17.2. The molecule has 0 bridgehead atoms. The van der Waals surface area contributed by atoms with Crippen molar-refractivity contribution in [3.63, 3.8) is 0 Å². The Kier molecular flexibility index (Phi) is 4.85. The summed E-state index contributed by atoms with van der Waals surface area (Å²) in [4.78, 5) is 26.7. The molecule has 3 N–H and O–H groups in total. The first-order valence-electron chi connectivity index (χ1n) is 8.37. The molecule has 132 valence electrons. The van der Waals surface area contributed by atoms with Gasteiger partial charge in [0, 0.05) is 25.3 Å². The van der Waals surface area contributed by atoms with Crippen molar-refractivity contribution in [3.8, 4) is 0 Å². The maximum Gasteiger partial charge on any atom is 0.250 e. The van der Waals surface area contributed by atoms with Gasteiger partial charge >= 0.3 is 0 Å². The van der Waals surface area contributed by atoms with Crippen LogP contribution < -0.4 is 16.0 Å². The number of hydrogen-bond acceptors (Lipinski definition) is 5. The minimum absolute atomic E-state index is 0.0534. The summed E-state index contributed by atoms with van der Waals surface area (Å²) in [6, 6.07) is 8.76. The number of rotatable bonds is 5. The number of amides is 1. The van der Waals surface area contributed by atoms with Crippen molar-refractivity contribution in [1.29, 1.82) is 0 Å². The molecular weight excluding hydrogens is 318 g/mol. The molecule has 2 aromatic rings. The Morgan fingerprint density at radius 2 is 2.08 bits per heavy atom. The van der Waals surface area contributed by atoms with Gasteiger partial charge in [0.15, 0.2) is 5.78 Å². The zero-order valence-corrected chi connectivity index (χ0v) is 14.5. The van der Waals surface area contributed by atoms with Crippen LogP contribution in [0.3, 0.4) is 0 Å². The lowest BCUT2D eigenvalue weighted by Gasteiger charge is -2.37. The van der Waals surface area contributed by atoms with Gasteiger partial charge in [-0.3, -0.25) is 14.3 Å². The van der Waals surface area contributed by atoms with E-state index in [2.05, 4.69) is 10.4 Å². The smallest absolute Gasteiger partial charge is 0.250 e. The van der Waals surface area contributed by atoms with Crippen LogP contribution in [0.1, 0.15) is 21.7 Å². The summed E-state index contributed by atoms with van der Waals surface area (Å²) in [6.45, 7) is 5.97. The van der Waals surface area contributed by atoms with Crippen molar-refractivity contribution in [1.82, 2.24) is 15.1 Å². The number of primary amides is 1. The molecule has 7 nitrogen and oxygen atoms in total. The Morgan fingerprint density at radius 3 is 2.76 bits per heavy atom. The second kappa shape index (κ2) is 7.06. The van der Waals surface area contributed by atoms with Gasteiger partial charge in [0.05, 0.1) is 16.9 Å². The number of nitrogens with two attached hydrogens (primary N) is 1. The third-order valence-corrected chi connectivity index (χ3v) is 4.50. The number of Topliss-reactive ketones (excluding diaryl/α,β-unsaturated/α-hetero) is 1. The highest BCUT2D eigenvalue weighted by Crippen LogP contribution is 2.24. The Morgan fingerprint density at radius 1 is 1.32 bits per heavy atom. The first-order valence-corrected chi connectivity index (χ1v) is 8.37. The van der Waals surface area contributed by atoms with Gasteiger partial charge in [0.1, 0.15) is 12.6 Å². The average molecular weight is 341 g/mol. The van der Waals surface area contributed by atoms with Gasteiger partial charge < -0.3 is 16.0 Å². The van der Waals surface area contributed by atoms with Crippen molar-refractivity contribution in [2.24, 2.45) is 5.73 Å². The van der Waals surface area contributed by atoms with E-state index in [1.165, 1.54) is 0 Å². The molecule has 3 rings (SSSR count). The molecule has 1 saturated heterocycles. The van der Waals surface area contributed by atoms with Gasteiger partial charge in [-0.05, 0) is 32.0 Å². The van der Waals surface area contributed by atoms with Gasteiger partial charge in [0.2, 0.25) is 0 Å². The molecule has 0 radical (unpaired) electrons. The quantitative estimate of drug-likeness (QED) is 0.833. The Hall–Kier alpha value is -2.67. The van der Waals surface area contributed by atoms with E-state index in [4.69, 9.17) is 5.73 Å². The van der Waals surface area contributed by atoms with E-state index < -0.39 is 5.91 Å². The van der Waals surface area contributed by atoms with Crippen molar-refractivity contribution in [2.45, 2.75) is 26.4 Å². The maximum absolute atomic E-state index is 12.9. The van der Waals surface area contributed by atoms with E-state index >= 15 is 0 Å². The molecule has 1 fully saturated rings. The fourth-order valence-corrected chi connectivity index (χ4v) is 3.30. The van der Waals surface area contributed by atoms with E-state index in [-0.39, 0.29) is 18.4 Å². The number of carbonyl (C=O) groups is 2. The Labute approximate surface area is 146 Å². The number of benzene rings is 1. The first-order chi connectivity index (χ1) is 12.0. The number of nitrogens with one attached hydrogen (secondary N) is 1. The molecule has 1 aliphatic heterocycles. The van der Waals surface area contributed by atoms with E-state index in [9.17, 15) is 9.59 Å². The number of carbonyl (C=O) groups excluding carboxylic acids is 2. The highest BCUT2D eigenvalue weighted by atomic mass is 16.1.